The van der Waals surface area contributed by atoms with E-state index in [4.69, 9.17) is 4.42 Å². The zero-order chi connectivity index (χ0) is 22.8. The number of carbonyl (C=O) groups is 1. The Hall–Kier alpha value is -3.17. The number of benzene rings is 1. The van der Waals surface area contributed by atoms with Crippen molar-refractivity contribution in [3.8, 4) is 0 Å². The molecule has 0 spiro atoms. The molecule has 1 aromatic carbocycles. The van der Waals surface area contributed by atoms with Gasteiger partial charge in [-0.15, -0.1) is 11.3 Å². The van der Waals surface area contributed by atoms with E-state index in [1.165, 1.54) is 16.8 Å². The number of nitrogens with zero attached hydrogens (tertiary/aromatic N) is 4. The van der Waals surface area contributed by atoms with Crippen molar-refractivity contribution in [2.24, 2.45) is 5.10 Å². The number of rotatable bonds is 7. The quantitative estimate of drug-likeness (QED) is 0.278. The molecule has 0 saturated heterocycles. The van der Waals surface area contributed by atoms with Crippen LogP contribution < -0.4 is 5.56 Å². The number of thioether (sulfide) groups is 1. The summed E-state index contributed by atoms with van der Waals surface area (Å²) in [4.78, 5) is 32.0. The molecule has 1 unspecified atom stereocenters. The third-order valence-electron chi connectivity index (χ3n) is 5.44. The van der Waals surface area contributed by atoms with E-state index >= 15 is 0 Å². The minimum atomic E-state index is -0.285. The molecule has 0 radical (unpaired) electrons. The fraction of sp³-hybridized carbons (Fsp3) is 0.250. The maximum Gasteiger partial charge on any atom is 0.262 e. The van der Waals surface area contributed by atoms with Crippen LogP contribution in [0.5, 0.6) is 0 Å². The summed E-state index contributed by atoms with van der Waals surface area (Å²) in [6.45, 7) is 2.56. The number of thiophene rings is 1. The molecule has 7 nitrogen and oxygen atoms in total. The van der Waals surface area contributed by atoms with Crippen LogP contribution in [0.2, 0.25) is 0 Å². The van der Waals surface area contributed by atoms with Crippen LogP contribution in [0.3, 0.4) is 0 Å². The molecule has 168 valence electrons. The van der Waals surface area contributed by atoms with Crippen LogP contribution in [0.25, 0.3) is 10.9 Å². The molecule has 3 aromatic heterocycles. The number of furan rings is 1. The van der Waals surface area contributed by atoms with Crippen LogP contribution in [0, 0.1) is 0 Å². The van der Waals surface area contributed by atoms with Gasteiger partial charge in [-0.2, -0.15) is 5.10 Å². The topological polar surface area (TPSA) is 80.7 Å². The molecular weight excluding hydrogens is 456 g/mol. The van der Waals surface area contributed by atoms with Gasteiger partial charge >= 0.3 is 0 Å². The van der Waals surface area contributed by atoms with Gasteiger partial charge in [0.2, 0.25) is 0 Å². The molecule has 0 saturated carbocycles. The smallest absolute Gasteiger partial charge is 0.262 e. The zero-order valence-corrected chi connectivity index (χ0v) is 19.6. The summed E-state index contributed by atoms with van der Waals surface area (Å²) in [5, 5.41) is 9.31. The van der Waals surface area contributed by atoms with Crippen LogP contribution >= 0.6 is 23.1 Å². The summed E-state index contributed by atoms with van der Waals surface area (Å²) in [5.41, 5.74) is 1.43. The molecule has 33 heavy (non-hydrogen) atoms. The maximum atomic E-state index is 13.3. The maximum absolute atomic E-state index is 13.3. The SMILES string of the molecule is CCCn1c(SCC(=O)N2N=C(c3cccs3)CC2c2ccco2)nc2ccccc2c1=O. The molecule has 1 aliphatic heterocycles. The Bertz CT molecular complexity index is 1360. The van der Waals surface area contributed by atoms with E-state index in [1.807, 2.05) is 54.8 Å². The first-order valence-electron chi connectivity index (χ1n) is 10.7. The van der Waals surface area contributed by atoms with Gasteiger partial charge in [0, 0.05) is 13.0 Å². The van der Waals surface area contributed by atoms with Crippen molar-refractivity contribution >= 4 is 45.6 Å². The second-order valence-electron chi connectivity index (χ2n) is 7.65. The Kier molecular flexibility index (Phi) is 6.15. The number of carbonyl (C=O) groups excluding carboxylic acids is 1. The van der Waals surface area contributed by atoms with Crippen molar-refractivity contribution in [2.75, 3.05) is 5.75 Å². The van der Waals surface area contributed by atoms with Gasteiger partial charge in [-0.1, -0.05) is 36.9 Å². The third kappa shape index (κ3) is 4.26. The van der Waals surface area contributed by atoms with Crippen molar-refractivity contribution in [1.82, 2.24) is 14.6 Å². The van der Waals surface area contributed by atoms with Gasteiger partial charge in [0.25, 0.3) is 11.5 Å². The van der Waals surface area contributed by atoms with Crippen molar-refractivity contribution in [3.63, 3.8) is 0 Å². The van der Waals surface area contributed by atoms with Crippen LogP contribution in [0.1, 0.15) is 36.4 Å². The first kappa shape index (κ1) is 21.7. The summed E-state index contributed by atoms with van der Waals surface area (Å²) >= 11 is 2.87. The van der Waals surface area contributed by atoms with Crippen LogP contribution in [0.15, 0.2) is 79.6 Å². The molecule has 0 bridgehead atoms. The first-order valence-corrected chi connectivity index (χ1v) is 12.6. The second-order valence-corrected chi connectivity index (χ2v) is 9.54. The van der Waals surface area contributed by atoms with Gasteiger partial charge < -0.3 is 4.42 Å². The molecule has 1 amide bonds. The summed E-state index contributed by atoms with van der Waals surface area (Å²) in [7, 11) is 0. The Balaban J connectivity index is 1.42. The number of hydrogen-bond acceptors (Lipinski definition) is 7. The van der Waals surface area contributed by atoms with Gasteiger partial charge in [0.05, 0.1) is 33.5 Å². The van der Waals surface area contributed by atoms with Gasteiger partial charge in [-0.25, -0.2) is 9.99 Å². The molecule has 1 atom stereocenters. The van der Waals surface area contributed by atoms with Crippen LogP contribution in [-0.2, 0) is 11.3 Å². The van der Waals surface area contributed by atoms with E-state index in [9.17, 15) is 9.59 Å². The lowest BCUT2D eigenvalue weighted by atomic mass is 10.1. The van der Waals surface area contributed by atoms with Crippen molar-refractivity contribution < 1.29 is 9.21 Å². The van der Waals surface area contributed by atoms with Gasteiger partial charge in [-0.05, 0) is 42.1 Å². The second kappa shape index (κ2) is 9.36. The molecule has 5 rings (SSSR count). The first-order chi connectivity index (χ1) is 16.2. The molecule has 4 heterocycles. The third-order valence-corrected chi connectivity index (χ3v) is 7.32. The van der Waals surface area contributed by atoms with Gasteiger partial charge in [0.15, 0.2) is 5.16 Å². The summed E-state index contributed by atoms with van der Waals surface area (Å²) in [6, 6.07) is 14.7. The van der Waals surface area contributed by atoms with E-state index in [0.717, 1.165) is 17.0 Å². The zero-order valence-electron chi connectivity index (χ0n) is 18.0. The Morgan fingerprint density at radius 1 is 1.21 bits per heavy atom. The molecule has 0 fully saturated rings. The Labute approximate surface area is 198 Å². The summed E-state index contributed by atoms with van der Waals surface area (Å²) < 4.78 is 7.27. The number of para-hydroxylation sites is 1. The van der Waals surface area contributed by atoms with E-state index in [-0.39, 0.29) is 23.3 Å². The average molecular weight is 479 g/mol. The lowest BCUT2D eigenvalue weighted by molar-refractivity contribution is -0.130. The number of fused-ring (bicyclic) bond motifs is 1. The molecule has 0 aliphatic carbocycles. The van der Waals surface area contributed by atoms with E-state index in [1.54, 1.807) is 28.2 Å². The average Bonchev–Trinajstić information content (AvgIpc) is 3.60. The lowest BCUT2D eigenvalue weighted by Gasteiger charge is -2.20. The normalized spacial score (nSPS) is 15.8. The largest absolute Gasteiger partial charge is 0.467 e. The molecule has 4 aromatic rings. The minimum absolute atomic E-state index is 0.0787. The molecule has 1 aliphatic rings. The number of hydrogen-bond donors (Lipinski definition) is 0. The van der Waals surface area contributed by atoms with Gasteiger partial charge in [-0.3, -0.25) is 14.2 Å². The molecule has 0 N–H and O–H groups in total. The summed E-state index contributed by atoms with van der Waals surface area (Å²) in [6.07, 6.45) is 3.00. The van der Waals surface area contributed by atoms with Crippen LogP contribution in [-0.4, -0.2) is 31.9 Å². The van der Waals surface area contributed by atoms with E-state index < -0.39 is 0 Å². The summed E-state index contributed by atoms with van der Waals surface area (Å²) in [5.74, 6) is 0.668. The van der Waals surface area contributed by atoms with E-state index in [0.29, 0.717) is 34.8 Å². The Morgan fingerprint density at radius 3 is 2.85 bits per heavy atom. The number of amides is 1. The lowest BCUT2D eigenvalue weighted by Crippen LogP contribution is -2.29. The minimum Gasteiger partial charge on any atom is -0.467 e. The highest BCUT2D eigenvalue weighted by atomic mass is 32.2. The molecule has 9 heteroatoms. The highest BCUT2D eigenvalue weighted by Gasteiger charge is 2.35. The standard InChI is InChI=1S/C24H22N4O3S2/c1-2-11-27-23(30)16-7-3-4-8-17(16)25-24(27)33-15-22(29)28-19(20-9-5-12-31-20)14-18(26-28)21-10-6-13-32-21/h3-10,12-13,19H,2,11,14-15H2,1H3. The number of hydrazone groups is 1. The monoisotopic (exact) mass is 478 g/mol. The fourth-order valence-corrected chi connectivity index (χ4v) is 5.50. The Morgan fingerprint density at radius 2 is 2.09 bits per heavy atom. The van der Waals surface area contributed by atoms with E-state index in [2.05, 4.69) is 10.1 Å². The number of aromatic nitrogens is 2. The predicted molar refractivity (Wildman–Crippen MR) is 131 cm³/mol. The van der Waals surface area contributed by atoms with Crippen LogP contribution in [0.4, 0.5) is 0 Å². The van der Waals surface area contributed by atoms with Gasteiger partial charge in [0.1, 0.15) is 11.8 Å². The van der Waals surface area contributed by atoms with Crippen molar-refractivity contribution in [2.45, 2.75) is 37.5 Å². The van der Waals surface area contributed by atoms with Crippen molar-refractivity contribution in [3.05, 3.63) is 81.2 Å². The predicted octanol–water partition coefficient (Wildman–Crippen LogP) is 4.93. The highest BCUT2D eigenvalue weighted by Crippen LogP contribution is 2.34. The highest BCUT2D eigenvalue weighted by molar-refractivity contribution is 7.99. The fourth-order valence-electron chi connectivity index (χ4n) is 3.91. The molecular formula is C24H22N4O3S2. The van der Waals surface area contributed by atoms with Crippen molar-refractivity contribution in [1.29, 1.82) is 0 Å².